The summed E-state index contributed by atoms with van der Waals surface area (Å²) >= 11 is 0. The van der Waals surface area contributed by atoms with Crippen LogP contribution >= 0.6 is 0 Å². The van der Waals surface area contributed by atoms with Crippen molar-refractivity contribution in [1.29, 1.82) is 0 Å². The maximum Gasteiger partial charge on any atom is 0.240 e. The van der Waals surface area contributed by atoms with Crippen molar-refractivity contribution in [2.75, 3.05) is 19.6 Å². The van der Waals surface area contributed by atoms with Gasteiger partial charge in [0.1, 0.15) is 5.82 Å². The molecular weight excluding hydrogens is 387 g/mol. The van der Waals surface area contributed by atoms with Crippen LogP contribution in [0, 0.1) is 11.2 Å². The van der Waals surface area contributed by atoms with Gasteiger partial charge in [0, 0.05) is 50.3 Å². The molecule has 1 spiro atoms. The number of piperidine rings is 1. The van der Waals surface area contributed by atoms with Gasteiger partial charge in [0.2, 0.25) is 17.7 Å². The van der Waals surface area contributed by atoms with Gasteiger partial charge in [-0.15, -0.1) is 0 Å². The zero-order chi connectivity index (χ0) is 21.1. The summed E-state index contributed by atoms with van der Waals surface area (Å²) in [5.41, 5.74) is 3.26. The number of nitrogens with zero attached hydrogens (tertiary/aromatic N) is 3. The zero-order valence-electron chi connectivity index (χ0n) is 17.0. The lowest BCUT2D eigenvalue weighted by Crippen LogP contribution is -2.50. The Kier molecular flexibility index (Phi) is 5.83. The van der Waals surface area contributed by atoms with Crippen LogP contribution in [0.15, 0.2) is 29.4 Å². The van der Waals surface area contributed by atoms with Gasteiger partial charge in [0.15, 0.2) is 0 Å². The summed E-state index contributed by atoms with van der Waals surface area (Å²) in [7, 11) is 0. The number of amides is 3. The van der Waals surface area contributed by atoms with E-state index in [0.717, 1.165) is 18.6 Å². The topological polar surface area (TPSA) is 82.1 Å². The molecule has 3 aliphatic heterocycles. The van der Waals surface area contributed by atoms with E-state index in [1.807, 2.05) is 0 Å². The second-order valence-corrected chi connectivity index (χ2v) is 8.48. The van der Waals surface area contributed by atoms with E-state index >= 15 is 0 Å². The zero-order valence-corrected chi connectivity index (χ0v) is 17.0. The van der Waals surface area contributed by atoms with Crippen molar-refractivity contribution in [2.24, 2.45) is 10.5 Å². The average Bonchev–Trinajstić information content (AvgIpc) is 3.17. The van der Waals surface area contributed by atoms with Crippen LogP contribution in [0.1, 0.15) is 50.5 Å². The molecular formula is C22H27FN4O3. The monoisotopic (exact) mass is 414 g/mol. The van der Waals surface area contributed by atoms with Crippen LogP contribution < -0.4 is 5.43 Å². The first-order valence-corrected chi connectivity index (χ1v) is 10.6. The fourth-order valence-electron chi connectivity index (χ4n) is 4.70. The molecule has 3 heterocycles. The minimum Gasteiger partial charge on any atom is -0.342 e. The van der Waals surface area contributed by atoms with Gasteiger partial charge in [-0.05, 0) is 38.2 Å². The molecule has 2 fully saturated rings. The third kappa shape index (κ3) is 4.22. The molecule has 7 nitrogen and oxygen atoms in total. The minimum atomic E-state index is -0.546. The fourth-order valence-corrected chi connectivity index (χ4v) is 4.70. The molecule has 1 aromatic rings. The van der Waals surface area contributed by atoms with Gasteiger partial charge in [-0.25, -0.2) is 9.82 Å². The SMILES string of the molecule is O=C1CCC(CCC(=O)N2CC[C@]3(CCCN(Cc4ccccc4F)C3=O)C2)=NN1. The molecule has 0 aromatic heterocycles. The first-order valence-electron chi connectivity index (χ1n) is 10.6. The molecule has 1 N–H and O–H groups in total. The van der Waals surface area contributed by atoms with E-state index in [1.54, 1.807) is 28.0 Å². The summed E-state index contributed by atoms with van der Waals surface area (Å²) in [5.74, 6) is -0.338. The molecule has 0 radical (unpaired) electrons. The molecule has 3 aliphatic rings. The van der Waals surface area contributed by atoms with E-state index in [-0.39, 0.29) is 30.1 Å². The second kappa shape index (κ2) is 8.53. The first-order chi connectivity index (χ1) is 14.5. The molecule has 0 aliphatic carbocycles. The van der Waals surface area contributed by atoms with Gasteiger partial charge in [-0.1, -0.05) is 18.2 Å². The third-order valence-corrected chi connectivity index (χ3v) is 6.46. The summed E-state index contributed by atoms with van der Waals surface area (Å²) in [6.07, 6.45) is 4.13. The molecule has 30 heavy (non-hydrogen) atoms. The highest BCUT2D eigenvalue weighted by atomic mass is 19.1. The van der Waals surface area contributed by atoms with Crippen LogP contribution in [-0.2, 0) is 20.9 Å². The predicted octanol–water partition coefficient (Wildman–Crippen LogP) is 2.21. The van der Waals surface area contributed by atoms with E-state index in [0.29, 0.717) is 57.3 Å². The number of benzene rings is 1. The van der Waals surface area contributed by atoms with Crippen molar-refractivity contribution in [2.45, 2.75) is 51.5 Å². The number of hydrazone groups is 1. The Hall–Kier alpha value is -2.77. The highest BCUT2D eigenvalue weighted by Gasteiger charge is 2.49. The van der Waals surface area contributed by atoms with Crippen LogP contribution in [0.25, 0.3) is 0 Å². The van der Waals surface area contributed by atoms with Gasteiger partial charge < -0.3 is 9.80 Å². The van der Waals surface area contributed by atoms with Gasteiger partial charge >= 0.3 is 0 Å². The highest BCUT2D eigenvalue weighted by Crippen LogP contribution is 2.40. The first kappa shape index (κ1) is 20.5. The molecule has 1 atom stereocenters. The van der Waals surface area contributed by atoms with Crippen molar-refractivity contribution in [1.82, 2.24) is 15.2 Å². The lowest BCUT2D eigenvalue weighted by molar-refractivity contribution is -0.146. The van der Waals surface area contributed by atoms with Crippen molar-refractivity contribution in [3.8, 4) is 0 Å². The van der Waals surface area contributed by atoms with Crippen LogP contribution in [0.5, 0.6) is 0 Å². The Labute approximate surface area is 175 Å². The van der Waals surface area contributed by atoms with Gasteiger partial charge in [0.25, 0.3) is 0 Å². The van der Waals surface area contributed by atoms with Crippen molar-refractivity contribution in [3.63, 3.8) is 0 Å². The second-order valence-electron chi connectivity index (χ2n) is 8.48. The molecule has 2 saturated heterocycles. The number of hydrogen-bond acceptors (Lipinski definition) is 4. The Bertz CT molecular complexity index is 887. The van der Waals surface area contributed by atoms with Gasteiger partial charge in [-0.2, -0.15) is 5.10 Å². The van der Waals surface area contributed by atoms with Crippen LogP contribution in [0.2, 0.25) is 0 Å². The maximum atomic E-state index is 14.0. The molecule has 160 valence electrons. The summed E-state index contributed by atoms with van der Waals surface area (Å²) in [6, 6.07) is 6.55. The molecule has 1 aromatic carbocycles. The lowest BCUT2D eigenvalue weighted by atomic mass is 9.78. The number of rotatable bonds is 5. The molecule has 8 heteroatoms. The van der Waals surface area contributed by atoms with E-state index in [9.17, 15) is 18.8 Å². The minimum absolute atomic E-state index is 0.0190. The maximum absolute atomic E-state index is 14.0. The quantitative estimate of drug-likeness (QED) is 0.802. The fraction of sp³-hybridized carbons (Fsp3) is 0.545. The summed E-state index contributed by atoms with van der Waals surface area (Å²) in [4.78, 5) is 40.7. The van der Waals surface area contributed by atoms with Crippen molar-refractivity contribution < 1.29 is 18.8 Å². The number of carbonyl (C=O) groups excluding carboxylic acids is 3. The number of carbonyl (C=O) groups is 3. The van der Waals surface area contributed by atoms with E-state index in [2.05, 4.69) is 10.5 Å². The Morgan fingerprint density at radius 1 is 1.17 bits per heavy atom. The molecule has 0 unspecified atom stereocenters. The molecule has 0 bridgehead atoms. The Morgan fingerprint density at radius 2 is 2.00 bits per heavy atom. The summed E-state index contributed by atoms with van der Waals surface area (Å²) in [6.45, 7) is 1.89. The third-order valence-electron chi connectivity index (χ3n) is 6.46. The smallest absolute Gasteiger partial charge is 0.240 e. The molecule has 3 amide bonds. The molecule has 0 saturated carbocycles. The van der Waals surface area contributed by atoms with Crippen LogP contribution in [-0.4, -0.2) is 52.9 Å². The van der Waals surface area contributed by atoms with E-state index in [4.69, 9.17) is 0 Å². The number of likely N-dealkylation sites (tertiary alicyclic amines) is 2. The Morgan fingerprint density at radius 3 is 2.77 bits per heavy atom. The van der Waals surface area contributed by atoms with E-state index < -0.39 is 5.41 Å². The lowest BCUT2D eigenvalue weighted by Gasteiger charge is -2.39. The number of halogens is 1. The van der Waals surface area contributed by atoms with Crippen molar-refractivity contribution >= 4 is 23.4 Å². The van der Waals surface area contributed by atoms with Gasteiger partial charge in [0.05, 0.1) is 5.41 Å². The van der Waals surface area contributed by atoms with Crippen LogP contribution in [0.4, 0.5) is 4.39 Å². The normalized spacial score (nSPS) is 24.2. The number of hydrogen-bond donors (Lipinski definition) is 1. The summed E-state index contributed by atoms with van der Waals surface area (Å²) < 4.78 is 14.0. The molecule has 4 rings (SSSR count). The predicted molar refractivity (Wildman–Crippen MR) is 109 cm³/mol. The standard InChI is InChI=1S/C22H27FN4O3/c23-18-5-2-1-4-16(18)14-26-12-3-10-22(21(26)30)11-13-27(15-22)20(29)9-7-17-6-8-19(28)25-24-17/h1-2,4-5H,3,6-15H2,(H,25,28)/t22-/m1/s1. The summed E-state index contributed by atoms with van der Waals surface area (Å²) in [5, 5.41) is 4.02. The highest BCUT2D eigenvalue weighted by molar-refractivity contribution is 5.94. The average molecular weight is 414 g/mol. The van der Waals surface area contributed by atoms with E-state index in [1.165, 1.54) is 6.07 Å². The Balaban J connectivity index is 1.35. The van der Waals surface area contributed by atoms with Gasteiger partial charge in [-0.3, -0.25) is 14.4 Å². The van der Waals surface area contributed by atoms with Crippen molar-refractivity contribution in [3.05, 3.63) is 35.6 Å². The largest absolute Gasteiger partial charge is 0.342 e. The number of nitrogens with one attached hydrogen (secondary N) is 1. The van der Waals surface area contributed by atoms with Crippen LogP contribution in [0.3, 0.4) is 0 Å².